The van der Waals surface area contributed by atoms with Gasteiger partial charge in [-0.3, -0.25) is 4.79 Å². The molecule has 0 aliphatic heterocycles. The maximum atomic E-state index is 12.5. The number of Topliss-reactive ketones (excluding diaryl/α,β-unsaturated/α-hetero) is 1. The summed E-state index contributed by atoms with van der Waals surface area (Å²) in [6, 6.07) is 5.15. The average Bonchev–Trinajstić information content (AvgIpc) is 2.90. The van der Waals surface area contributed by atoms with Gasteiger partial charge in [0, 0.05) is 12.6 Å². The summed E-state index contributed by atoms with van der Waals surface area (Å²) in [5.74, 6) is 1.14. The van der Waals surface area contributed by atoms with E-state index in [1.165, 1.54) is 11.8 Å². The molecular formula is C14H17N3O3S. The van der Waals surface area contributed by atoms with Crippen molar-refractivity contribution in [3.05, 3.63) is 30.1 Å². The van der Waals surface area contributed by atoms with Gasteiger partial charge in [0.2, 0.25) is 0 Å². The molecule has 0 bridgehead atoms. The molecule has 0 N–H and O–H groups in total. The number of rotatable bonds is 6. The first kappa shape index (κ1) is 15.4. The van der Waals surface area contributed by atoms with E-state index in [4.69, 9.17) is 9.47 Å². The number of ketones is 1. The zero-order valence-corrected chi connectivity index (χ0v) is 13.2. The van der Waals surface area contributed by atoms with Crippen LogP contribution in [0, 0.1) is 0 Å². The first-order valence-electron chi connectivity index (χ1n) is 6.33. The summed E-state index contributed by atoms with van der Waals surface area (Å²) in [7, 11) is 4.95. The van der Waals surface area contributed by atoms with Crippen molar-refractivity contribution in [3.63, 3.8) is 0 Å². The van der Waals surface area contributed by atoms with Crippen LogP contribution in [0.2, 0.25) is 0 Å². The van der Waals surface area contributed by atoms with Crippen molar-refractivity contribution < 1.29 is 14.3 Å². The average molecular weight is 307 g/mol. The van der Waals surface area contributed by atoms with Gasteiger partial charge in [-0.1, -0.05) is 11.8 Å². The van der Waals surface area contributed by atoms with Crippen LogP contribution in [0.1, 0.15) is 17.3 Å². The fraction of sp³-hybridized carbons (Fsp3) is 0.357. The number of ether oxygens (including phenoxy) is 2. The minimum atomic E-state index is -0.272. The van der Waals surface area contributed by atoms with Gasteiger partial charge in [0.05, 0.1) is 19.5 Å². The van der Waals surface area contributed by atoms with Gasteiger partial charge in [-0.25, -0.2) is 0 Å². The number of thioether (sulfide) groups is 1. The van der Waals surface area contributed by atoms with Crippen LogP contribution < -0.4 is 9.47 Å². The van der Waals surface area contributed by atoms with E-state index in [0.717, 1.165) is 0 Å². The van der Waals surface area contributed by atoms with Gasteiger partial charge in [-0.05, 0) is 25.1 Å². The zero-order chi connectivity index (χ0) is 15.4. The Labute approximate surface area is 127 Å². The van der Waals surface area contributed by atoms with Crippen molar-refractivity contribution >= 4 is 17.5 Å². The van der Waals surface area contributed by atoms with Crippen LogP contribution in [-0.2, 0) is 7.05 Å². The fourth-order valence-corrected chi connectivity index (χ4v) is 2.68. The third kappa shape index (κ3) is 3.36. The molecule has 0 aliphatic rings. The van der Waals surface area contributed by atoms with Gasteiger partial charge in [0.25, 0.3) is 0 Å². The van der Waals surface area contributed by atoms with Crippen molar-refractivity contribution in [2.45, 2.75) is 17.3 Å². The first-order chi connectivity index (χ1) is 10.1. The standard InChI is InChI=1S/C14H17N3O3S/c1-9(21-14-16-15-8-17(14)2)13(18)10-5-6-11(19-3)12(7-10)20-4/h5-9H,1-4H3/t9-/m1/s1. The molecule has 1 aromatic carbocycles. The van der Waals surface area contributed by atoms with E-state index in [0.29, 0.717) is 22.2 Å². The summed E-state index contributed by atoms with van der Waals surface area (Å²) in [4.78, 5) is 12.5. The monoisotopic (exact) mass is 307 g/mol. The van der Waals surface area contributed by atoms with Crippen LogP contribution in [-0.4, -0.2) is 40.0 Å². The van der Waals surface area contributed by atoms with Gasteiger partial charge in [0.15, 0.2) is 22.4 Å². The number of aromatic nitrogens is 3. The highest BCUT2D eigenvalue weighted by atomic mass is 32.2. The van der Waals surface area contributed by atoms with Crippen LogP contribution in [0.4, 0.5) is 0 Å². The maximum Gasteiger partial charge on any atom is 0.191 e. The molecule has 2 aromatic rings. The second-order valence-corrected chi connectivity index (χ2v) is 5.73. The number of carbonyl (C=O) groups is 1. The number of aryl methyl sites for hydroxylation is 1. The molecule has 6 nitrogen and oxygen atoms in total. The molecule has 1 atom stereocenters. The van der Waals surface area contributed by atoms with Crippen LogP contribution >= 0.6 is 11.8 Å². The Morgan fingerprint density at radius 1 is 1.29 bits per heavy atom. The summed E-state index contributed by atoms with van der Waals surface area (Å²) in [6.45, 7) is 1.85. The Balaban J connectivity index is 2.17. The van der Waals surface area contributed by atoms with Gasteiger partial charge >= 0.3 is 0 Å². The lowest BCUT2D eigenvalue weighted by Crippen LogP contribution is -2.14. The smallest absolute Gasteiger partial charge is 0.191 e. The van der Waals surface area contributed by atoms with Gasteiger partial charge in [-0.15, -0.1) is 10.2 Å². The number of methoxy groups -OCH3 is 2. The van der Waals surface area contributed by atoms with Crippen LogP contribution in [0.25, 0.3) is 0 Å². The Hall–Kier alpha value is -2.02. The largest absolute Gasteiger partial charge is 0.493 e. The van der Waals surface area contributed by atoms with Crippen molar-refractivity contribution in [3.8, 4) is 11.5 Å². The Morgan fingerprint density at radius 2 is 2.00 bits per heavy atom. The molecule has 21 heavy (non-hydrogen) atoms. The zero-order valence-electron chi connectivity index (χ0n) is 12.4. The van der Waals surface area contributed by atoms with E-state index in [9.17, 15) is 4.79 Å². The van der Waals surface area contributed by atoms with Crippen LogP contribution in [0.5, 0.6) is 11.5 Å². The molecule has 0 fully saturated rings. The van der Waals surface area contributed by atoms with E-state index in [1.807, 2.05) is 14.0 Å². The van der Waals surface area contributed by atoms with Gasteiger partial charge in [-0.2, -0.15) is 0 Å². The van der Waals surface area contributed by atoms with Crippen LogP contribution in [0.3, 0.4) is 0 Å². The lowest BCUT2D eigenvalue weighted by atomic mass is 10.1. The summed E-state index contributed by atoms with van der Waals surface area (Å²) in [5, 5.41) is 8.21. The van der Waals surface area contributed by atoms with E-state index in [2.05, 4.69) is 10.2 Å². The van der Waals surface area contributed by atoms with Gasteiger partial charge < -0.3 is 14.0 Å². The minimum absolute atomic E-state index is 0.00366. The predicted molar refractivity (Wildman–Crippen MR) is 80.2 cm³/mol. The van der Waals surface area contributed by atoms with Crippen molar-refractivity contribution in [1.29, 1.82) is 0 Å². The van der Waals surface area contributed by atoms with Crippen LogP contribution in [0.15, 0.2) is 29.7 Å². The normalized spacial score (nSPS) is 12.0. The summed E-state index contributed by atoms with van der Waals surface area (Å²) < 4.78 is 12.2. The van der Waals surface area contributed by atoms with Crippen molar-refractivity contribution in [2.24, 2.45) is 7.05 Å². The highest BCUT2D eigenvalue weighted by Gasteiger charge is 2.20. The number of benzene rings is 1. The maximum absolute atomic E-state index is 12.5. The van der Waals surface area contributed by atoms with E-state index >= 15 is 0 Å². The third-order valence-corrected chi connectivity index (χ3v) is 4.14. The molecule has 0 radical (unpaired) electrons. The Morgan fingerprint density at radius 3 is 2.57 bits per heavy atom. The molecule has 0 aliphatic carbocycles. The van der Waals surface area contributed by atoms with Crippen molar-refractivity contribution in [1.82, 2.24) is 14.8 Å². The highest BCUT2D eigenvalue weighted by molar-refractivity contribution is 8.00. The number of hydrogen-bond donors (Lipinski definition) is 0. The number of carbonyl (C=O) groups excluding carboxylic acids is 1. The number of nitrogens with zero attached hydrogens (tertiary/aromatic N) is 3. The predicted octanol–water partition coefficient (Wildman–Crippen LogP) is 2.20. The van der Waals surface area contributed by atoms with Gasteiger partial charge in [0.1, 0.15) is 6.33 Å². The summed E-state index contributed by atoms with van der Waals surface area (Å²) in [6.07, 6.45) is 1.61. The second kappa shape index (κ2) is 6.62. The molecule has 0 saturated carbocycles. The molecular weight excluding hydrogens is 290 g/mol. The summed E-state index contributed by atoms with van der Waals surface area (Å²) in [5.41, 5.74) is 0.579. The number of hydrogen-bond acceptors (Lipinski definition) is 6. The summed E-state index contributed by atoms with van der Waals surface area (Å²) >= 11 is 1.37. The molecule has 1 heterocycles. The Bertz CT molecular complexity index is 642. The molecule has 1 aromatic heterocycles. The minimum Gasteiger partial charge on any atom is -0.493 e. The topological polar surface area (TPSA) is 66.2 Å². The molecule has 112 valence electrons. The van der Waals surface area contributed by atoms with E-state index in [1.54, 1.807) is 43.3 Å². The lowest BCUT2D eigenvalue weighted by Gasteiger charge is -2.12. The highest BCUT2D eigenvalue weighted by Crippen LogP contribution is 2.30. The molecule has 0 amide bonds. The quantitative estimate of drug-likeness (QED) is 0.602. The fourth-order valence-electron chi connectivity index (χ4n) is 1.82. The molecule has 0 spiro atoms. The molecule has 7 heteroatoms. The molecule has 0 unspecified atom stereocenters. The third-order valence-electron chi connectivity index (χ3n) is 2.99. The first-order valence-corrected chi connectivity index (χ1v) is 7.21. The second-order valence-electron chi connectivity index (χ2n) is 4.42. The molecule has 2 rings (SSSR count). The molecule has 0 saturated heterocycles. The Kier molecular flexibility index (Phi) is 4.85. The lowest BCUT2D eigenvalue weighted by molar-refractivity contribution is 0.0993. The van der Waals surface area contributed by atoms with E-state index in [-0.39, 0.29) is 11.0 Å². The van der Waals surface area contributed by atoms with E-state index < -0.39 is 0 Å². The van der Waals surface area contributed by atoms with Crippen molar-refractivity contribution in [2.75, 3.05) is 14.2 Å². The SMILES string of the molecule is COc1ccc(C(=O)[C@@H](C)Sc2nncn2C)cc1OC.